The second-order valence-corrected chi connectivity index (χ2v) is 5.60. The summed E-state index contributed by atoms with van der Waals surface area (Å²) < 4.78 is 0. The average Bonchev–Trinajstić information content (AvgIpc) is 2.69. The molecular formula is C12H21N3S. The van der Waals surface area contributed by atoms with Crippen LogP contribution >= 0.6 is 11.3 Å². The van der Waals surface area contributed by atoms with Crippen molar-refractivity contribution < 1.29 is 0 Å². The van der Waals surface area contributed by atoms with E-state index in [4.69, 9.17) is 0 Å². The summed E-state index contributed by atoms with van der Waals surface area (Å²) in [6.07, 6.45) is 10.5. The second-order valence-electron chi connectivity index (χ2n) is 4.54. The zero-order valence-electron chi connectivity index (χ0n) is 10.0. The van der Waals surface area contributed by atoms with Gasteiger partial charge in [-0.05, 0) is 19.3 Å². The third-order valence-corrected chi connectivity index (χ3v) is 4.20. The van der Waals surface area contributed by atoms with Crippen molar-refractivity contribution >= 4 is 16.5 Å². The molecule has 0 bridgehead atoms. The molecule has 2 rings (SSSR count). The second kappa shape index (κ2) is 6.18. The number of nitrogens with one attached hydrogen (secondary N) is 1. The van der Waals surface area contributed by atoms with Crippen LogP contribution in [0.4, 0.5) is 5.13 Å². The zero-order chi connectivity index (χ0) is 11.2. The Kier molecular flexibility index (Phi) is 4.57. The minimum absolute atomic E-state index is 0.623. The molecule has 0 saturated heterocycles. The molecule has 0 aliphatic heterocycles. The van der Waals surface area contributed by atoms with Crippen LogP contribution in [-0.4, -0.2) is 16.2 Å². The molecule has 1 aliphatic carbocycles. The molecule has 0 amide bonds. The third-order valence-electron chi connectivity index (χ3n) is 3.20. The number of hydrogen-bond acceptors (Lipinski definition) is 4. The highest BCUT2D eigenvalue weighted by Gasteiger charge is 2.12. The Morgan fingerprint density at radius 3 is 2.44 bits per heavy atom. The van der Waals surface area contributed by atoms with E-state index in [0.29, 0.717) is 6.04 Å². The summed E-state index contributed by atoms with van der Waals surface area (Å²) in [6, 6.07) is 0.623. The predicted molar refractivity (Wildman–Crippen MR) is 69.0 cm³/mol. The highest BCUT2D eigenvalue weighted by Crippen LogP contribution is 2.22. The number of hydrogen-bond donors (Lipinski definition) is 1. The van der Waals surface area contributed by atoms with Crippen LogP contribution in [-0.2, 0) is 6.42 Å². The SMILES string of the molecule is CCc1nnc(NC2CCCCCCC2)s1. The summed E-state index contributed by atoms with van der Waals surface area (Å²) in [5, 5.41) is 14.0. The van der Waals surface area contributed by atoms with Crippen molar-refractivity contribution in [2.75, 3.05) is 5.32 Å². The minimum Gasteiger partial charge on any atom is -0.357 e. The smallest absolute Gasteiger partial charge is 0.205 e. The minimum atomic E-state index is 0.623. The van der Waals surface area contributed by atoms with E-state index in [1.165, 1.54) is 44.9 Å². The Bertz CT molecular complexity index is 303. The van der Waals surface area contributed by atoms with Crippen molar-refractivity contribution in [1.29, 1.82) is 0 Å². The maximum atomic E-state index is 4.19. The summed E-state index contributed by atoms with van der Waals surface area (Å²) in [5.41, 5.74) is 0. The standard InChI is InChI=1S/C12H21N3S/c1-2-11-14-15-12(16-11)13-10-8-6-4-3-5-7-9-10/h10H,2-9H2,1H3,(H,13,15). The lowest BCUT2D eigenvalue weighted by Crippen LogP contribution is -2.20. The zero-order valence-corrected chi connectivity index (χ0v) is 10.9. The van der Waals surface area contributed by atoms with Gasteiger partial charge in [0.05, 0.1) is 0 Å². The predicted octanol–water partition coefficient (Wildman–Crippen LogP) is 3.63. The maximum absolute atomic E-state index is 4.19. The monoisotopic (exact) mass is 239 g/mol. The van der Waals surface area contributed by atoms with E-state index in [1.54, 1.807) is 11.3 Å². The molecule has 0 aromatic carbocycles. The molecule has 4 heteroatoms. The number of rotatable bonds is 3. The van der Waals surface area contributed by atoms with E-state index in [1.807, 2.05) is 0 Å². The normalized spacial score (nSPS) is 19.1. The van der Waals surface area contributed by atoms with Crippen LogP contribution < -0.4 is 5.32 Å². The largest absolute Gasteiger partial charge is 0.357 e. The van der Waals surface area contributed by atoms with Gasteiger partial charge in [0.1, 0.15) is 5.01 Å². The molecule has 90 valence electrons. The number of aromatic nitrogens is 2. The lowest BCUT2D eigenvalue weighted by molar-refractivity contribution is 0.471. The Morgan fingerprint density at radius 2 is 1.81 bits per heavy atom. The molecule has 1 fully saturated rings. The Labute approximate surface area is 102 Å². The Hall–Kier alpha value is -0.640. The van der Waals surface area contributed by atoms with Crippen molar-refractivity contribution in [2.45, 2.75) is 64.3 Å². The Morgan fingerprint density at radius 1 is 1.12 bits per heavy atom. The summed E-state index contributed by atoms with van der Waals surface area (Å²) in [4.78, 5) is 0. The van der Waals surface area contributed by atoms with Gasteiger partial charge in [-0.25, -0.2) is 0 Å². The van der Waals surface area contributed by atoms with Gasteiger partial charge < -0.3 is 5.32 Å². The summed E-state index contributed by atoms with van der Waals surface area (Å²) in [7, 11) is 0. The Balaban J connectivity index is 1.86. The van der Waals surface area contributed by atoms with Crippen molar-refractivity contribution in [1.82, 2.24) is 10.2 Å². The molecule has 0 spiro atoms. The van der Waals surface area contributed by atoms with Crippen molar-refractivity contribution in [3.05, 3.63) is 5.01 Å². The molecule has 1 aliphatic rings. The fourth-order valence-electron chi connectivity index (χ4n) is 2.23. The molecule has 1 N–H and O–H groups in total. The van der Waals surface area contributed by atoms with Crippen LogP contribution in [0.3, 0.4) is 0 Å². The van der Waals surface area contributed by atoms with E-state index >= 15 is 0 Å². The lowest BCUT2D eigenvalue weighted by atomic mass is 9.97. The van der Waals surface area contributed by atoms with Crippen molar-refractivity contribution in [3.63, 3.8) is 0 Å². The molecule has 0 atom stereocenters. The number of aryl methyl sites for hydroxylation is 1. The molecule has 1 saturated carbocycles. The first-order chi connectivity index (χ1) is 7.88. The van der Waals surface area contributed by atoms with Crippen LogP contribution in [0.1, 0.15) is 56.9 Å². The van der Waals surface area contributed by atoms with E-state index in [-0.39, 0.29) is 0 Å². The fraction of sp³-hybridized carbons (Fsp3) is 0.833. The molecular weight excluding hydrogens is 218 g/mol. The first-order valence-electron chi connectivity index (χ1n) is 6.47. The average molecular weight is 239 g/mol. The van der Waals surface area contributed by atoms with Gasteiger partial charge in [0, 0.05) is 6.04 Å². The van der Waals surface area contributed by atoms with Gasteiger partial charge in [-0.15, -0.1) is 10.2 Å². The highest BCUT2D eigenvalue weighted by molar-refractivity contribution is 7.15. The molecule has 0 unspecified atom stereocenters. The van der Waals surface area contributed by atoms with Crippen LogP contribution in [0, 0.1) is 0 Å². The van der Waals surface area contributed by atoms with Gasteiger partial charge in [0.15, 0.2) is 0 Å². The third kappa shape index (κ3) is 3.44. The van der Waals surface area contributed by atoms with Crippen molar-refractivity contribution in [2.24, 2.45) is 0 Å². The molecule has 1 aromatic heterocycles. The molecule has 0 radical (unpaired) electrons. The van der Waals surface area contributed by atoms with Gasteiger partial charge >= 0.3 is 0 Å². The summed E-state index contributed by atoms with van der Waals surface area (Å²) in [6.45, 7) is 2.13. The van der Waals surface area contributed by atoms with Gasteiger partial charge in [0.25, 0.3) is 0 Å². The lowest BCUT2D eigenvalue weighted by Gasteiger charge is -2.20. The van der Waals surface area contributed by atoms with Crippen molar-refractivity contribution in [3.8, 4) is 0 Å². The van der Waals surface area contributed by atoms with E-state index in [0.717, 1.165) is 16.6 Å². The van der Waals surface area contributed by atoms with Gasteiger partial charge in [0.2, 0.25) is 5.13 Å². The molecule has 1 heterocycles. The molecule has 16 heavy (non-hydrogen) atoms. The van der Waals surface area contributed by atoms with E-state index < -0.39 is 0 Å². The van der Waals surface area contributed by atoms with Crippen LogP contribution in [0.25, 0.3) is 0 Å². The van der Waals surface area contributed by atoms with Crippen LogP contribution in [0.5, 0.6) is 0 Å². The van der Waals surface area contributed by atoms with Gasteiger partial charge in [-0.2, -0.15) is 0 Å². The first-order valence-corrected chi connectivity index (χ1v) is 7.29. The van der Waals surface area contributed by atoms with Crippen LogP contribution in [0.2, 0.25) is 0 Å². The maximum Gasteiger partial charge on any atom is 0.205 e. The summed E-state index contributed by atoms with van der Waals surface area (Å²) >= 11 is 1.71. The highest BCUT2D eigenvalue weighted by atomic mass is 32.1. The summed E-state index contributed by atoms with van der Waals surface area (Å²) in [5.74, 6) is 0. The first kappa shape index (κ1) is 11.8. The topological polar surface area (TPSA) is 37.8 Å². The van der Waals surface area contributed by atoms with Gasteiger partial charge in [-0.3, -0.25) is 0 Å². The molecule has 1 aromatic rings. The van der Waals surface area contributed by atoms with Crippen LogP contribution in [0.15, 0.2) is 0 Å². The fourth-order valence-corrected chi connectivity index (χ4v) is 2.99. The quantitative estimate of drug-likeness (QED) is 0.875. The van der Waals surface area contributed by atoms with Gasteiger partial charge in [-0.1, -0.05) is 50.4 Å². The van der Waals surface area contributed by atoms with E-state index in [9.17, 15) is 0 Å². The molecule has 3 nitrogen and oxygen atoms in total. The van der Waals surface area contributed by atoms with E-state index in [2.05, 4.69) is 22.4 Å². The number of anilines is 1. The number of nitrogens with zero attached hydrogens (tertiary/aromatic N) is 2.